The highest BCUT2D eigenvalue weighted by molar-refractivity contribution is 5.98. The molecular weight excluding hydrogens is 522 g/mol. The van der Waals surface area contributed by atoms with Crippen LogP contribution in [0.4, 0.5) is 0 Å². The van der Waals surface area contributed by atoms with E-state index in [0.29, 0.717) is 37.3 Å². The van der Waals surface area contributed by atoms with Gasteiger partial charge in [-0.2, -0.15) is 5.26 Å². The van der Waals surface area contributed by atoms with Gasteiger partial charge >= 0.3 is 0 Å². The Hall–Kier alpha value is -4.27. The second kappa shape index (κ2) is 13.6. The number of likely N-dealkylation sites (tertiary alicyclic amines) is 1. The maximum absolute atomic E-state index is 12.1. The van der Waals surface area contributed by atoms with Crippen molar-refractivity contribution < 1.29 is 4.79 Å². The summed E-state index contributed by atoms with van der Waals surface area (Å²) in [5.74, 6) is 2.28. The molecule has 7 N–H and O–H groups in total. The van der Waals surface area contributed by atoms with Crippen LogP contribution < -0.4 is 22.5 Å². The first kappa shape index (κ1) is 32.2. The fraction of sp³-hybridized carbons (Fsp3) is 0.441. The number of carbonyl (C=O) groups is 1. The molecule has 1 fully saturated rings. The molecule has 1 amide bonds. The number of hydrogen-bond donors (Lipinski definition) is 4. The number of rotatable bonds is 11. The summed E-state index contributed by atoms with van der Waals surface area (Å²) in [4.78, 5) is 19.1. The maximum atomic E-state index is 12.1. The van der Waals surface area contributed by atoms with Gasteiger partial charge in [-0.25, -0.2) is 0 Å². The standard InChI is InChI=1S/C34H45N7O/c1-8-26(32(37)42)16-27-11-12-29-17-28(25(7)36)13-14-31(29)34(24(27)6,33(38)40-21(2)3)18-22(4)39-20-23(5)41-15-9-10-30(41)19-35/h1,13-14,16-17,21-22,30,39H,5,7,9-12,15,18,20,36H2,2-4,6H3,(H2,37,42)(H2,38,40)/b26-16+/t22-,30?,34?/m0/s1. The summed E-state index contributed by atoms with van der Waals surface area (Å²) in [6, 6.07) is 8.29. The first-order valence-corrected chi connectivity index (χ1v) is 14.5. The molecule has 0 saturated carbocycles. The molecule has 8 nitrogen and oxygen atoms in total. The van der Waals surface area contributed by atoms with Gasteiger partial charge in [-0.05, 0) is 94.2 Å². The molecule has 8 heteroatoms. The predicted molar refractivity (Wildman–Crippen MR) is 172 cm³/mol. The van der Waals surface area contributed by atoms with Crippen molar-refractivity contribution in [3.05, 3.63) is 76.5 Å². The van der Waals surface area contributed by atoms with Crippen molar-refractivity contribution in [2.75, 3.05) is 13.1 Å². The van der Waals surface area contributed by atoms with Crippen molar-refractivity contribution in [3.63, 3.8) is 0 Å². The lowest BCUT2D eigenvalue weighted by Crippen LogP contribution is -2.48. The normalized spacial score (nSPS) is 21.8. The molecule has 0 radical (unpaired) electrons. The number of nitrogens with zero attached hydrogens (tertiary/aromatic N) is 3. The first-order valence-electron chi connectivity index (χ1n) is 14.5. The lowest BCUT2D eigenvalue weighted by Gasteiger charge is -2.39. The zero-order valence-electron chi connectivity index (χ0n) is 25.5. The smallest absolute Gasteiger partial charge is 0.257 e. The number of nitriles is 1. The van der Waals surface area contributed by atoms with Crippen molar-refractivity contribution in [2.45, 2.75) is 83.3 Å². The van der Waals surface area contributed by atoms with E-state index in [1.165, 1.54) is 0 Å². The summed E-state index contributed by atoms with van der Waals surface area (Å²) < 4.78 is 0. The summed E-state index contributed by atoms with van der Waals surface area (Å²) in [6.07, 6.45) is 11.1. The van der Waals surface area contributed by atoms with E-state index in [1.807, 2.05) is 26.8 Å². The van der Waals surface area contributed by atoms with Crippen LogP contribution in [0, 0.1) is 23.7 Å². The summed E-state index contributed by atoms with van der Waals surface area (Å²) in [6.45, 7) is 17.7. The number of fused-ring (bicyclic) bond motifs is 1. The van der Waals surface area contributed by atoms with Crippen LogP contribution in [0.1, 0.15) is 70.1 Å². The Morgan fingerprint density at radius 2 is 2.00 bits per heavy atom. The number of terminal acetylenes is 1. The van der Waals surface area contributed by atoms with Gasteiger partial charge < -0.3 is 27.4 Å². The highest BCUT2D eigenvalue weighted by Crippen LogP contribution is 2.45. The predicted octanol–water partition coefficient (Wildman–Crippen LogP) is 3.80. The van der Waals surface area contributed by atoms with Gasteiger partial charge in [0.1, 0.15) is 11.9 Å². The molecule has 2 unspecified atom stereocenters. The Balaban J connectivity index is 2.17. The Morgan fingerprint density at radius 3 is 2.60 bits per heavy atom. The van der Waals surface area contributed by atoms with Crippen LogP contribution in [-0.2, 0) is 16.6 Å². The number of allylic oxidation sites excluding steroid dienone is 2. The average Bonchev–Trinajstić information content (AvgIpc) is 3.39. The third kappa shape index (κ3) is 6.78. The van der Waals surface area contributed by atoms with E-state index in [2.05, 4.69) is 54.4 Å². The molecule has 2 aliphatic rings. The lowest BCUT2D eigenvalue weighted by atomic mass is 9.67. The maximum Gasteiger partial charge on any atom is 0.257 e. The average molecular weight is 568 g/mol. The number of amidine groups is 1. The van der Waals surface area contributed by atoms with Crippen LogP contribution in [0.2, 0.25) is 0 Å². The molecule has 1 aliphatic carbocycles. The third-order valence-corrected chi connectivity index (χ3v) is 8.37. The molecule has 1 aromatic carbocycles. The van der Waals surface area contributed by atoms with Crippen molar-refractivity contribution in [1.82, 2.24) is 10.2 Å². The second-order valence-corrected chi connectivity index (χ2v) is 11.7. The summed E-state index contributed by atoms with van der Waals surface area (Å²) in [5.41, 5.74) is 24.2. The highest BCUT2D eigenvalue weighted by Gasteiger charge is 2.44. The number of aryl methyl sites for hydroxylation is 1. The number of benzene rings is 1. The van der Waals surface area contributed by atoms with Gasteiger partial charge in [0.05, 0.1) is 17.1 Å². The van der Waals surface area contributed by atoms with Gasteiger partial charge in [0.2, 0.25) is 0 Å². The van der Waals surface area contributed by atoms with E-state index in [4.69, 9.17) is 28.6 Å². The largest absolute Gasteiger partial charge is 0.399 e. The summed E-state index contributed by atoms with van der Waals surface area (Å²) in [5, 5.41) is 13.2. The van der Waals surface area contributed by atoms with E-state index in [-0.39, 0.29) is 23.7 Å². The zero-order chi connectivity index (χ0) is 31.2. The summed E-state index contributed by atoms with van der Waals surface area (Å²) >= 11 is 0. The van der Waals surface area contributed by atoms with Crippen LogP contribution in [0.15, 0.2) is 64.8 Å². The Morgan fingerprint density at radius 1 is 1.29 bits per heavy atom. The highest BCUT2D eigenvalue weighted by atomic mass is 16.1. The fourth-order valence-electron chi connectivity index (χ4n) is 6.18. The quantitative estimate of drug-likeness (QED) is 0.138. The van der Waals surface area contributed by atoms with Crippen molar-refractivity contribution in [1.29, 1.82) is 5.26 Å². The molecule has 1 saturated heterocycles. The van der Waals surface area contributed by atoms with Crippen LogP contribution in [-0.4, -0.2) is 47.9 Å². The monoisotopic (exact) mass is 567 g/mol. The third-order valence-electron chi connectivity index (χ3n) is 8.37. The van der Waals surface area contributed by atoms with Crippen LogP contribution >= 0.6 is 0 Å². The Bertz CT molecular complexity index is 1420. The van der Waals surface area contributed by atoms with E-state index in [1.54, 1.807) is 6.08 Å². The Kier molecular flexibility index (Phi) is 10.4. The number of nitrogens with one attached hydrogen (secondary N) is 1. The summed E-state index contributed by atoms with van der Waals surface area (Å²) in [7, 11) is 0. The number of carbonyl (C=O) groups excluding carboxylic acids is 1. The lowest BCUT2D eigenvalue weighted by molar-refractivity contribution is -0.114. The SMILES string of the molecule is C#C/C(=C\C1=C(C)C(C[C@H](C)NCC(=C)N2CCCC2C#N)(C(N)=NC(C)C)c2ccc(C(=C)N)cc2CC1)C(N)=O. The van der Waals surface area contributed by atoms with E-state index in [9.17, 15) is 10.1 Å². The minimum atomic E-state index is -0.815. The first-order chi connectivity index (χ1) is 19.8. The van der Waals surface area contributed by atoms with Crippen molar-refractivity contribution in [3.8, 4) is 18.4 Å². The van der Waals surface area contributed by atoms with Gasteiger partial charge in [0.25, 0.3) is 5.91 Å². The molecule has 3 rings (SSSR count). The molecule has 1 aliphatic heterocycles. The number of primary amides is 1. The number of hydrogen-bond acceptors (Lipinski definition) is 6. The number of amides is 1. The molecular formula is C34H45N7O. The fourth-order valence-corrected chi connectivity index (χ4v) is 6.18. The zero-order valence-corrected chi connectivity index (χ0v) is 25.5. The van der Waals surface area contributed by atoms with Crippen LogP contribution in [0.25, 0.3) is 5.70 Å². The van der Waals surface area contributed by atoms with Crippen molar-refractivity contribution in [2.24, 2.45) is 22.2 Å². The van der Waals surface area contributed by atoms with Gasteiger partial charge in [-0.3, -0.25) is 9.79 Å². The van der Waals surface area contributed by atoms with Gasteiger partial charge in [-0.15, -0.1) is 6.42 Å². The van der Waals surface area contributed by atoms with Crippen LogP contribution in [0.3, 0.4) is 0 Å². The van der Waals surface area contributed by atoms with E-state index >= 15 is 0 Å². The van der Waals surface area contributed by atoms with Gasteiger partial charge in [0, 0.05) is 36.6 Å². The topological polar surface area (TPSA) is 147 Å². The molecule has 3 atom stereocenters. The van der Waals surface area contributed by atoms with Gasteiger partial charge in [-0.1, -0.05) is 36.8 Å². The second-order valence-electron chi connectivity index (χ2n) is 11.7. The number of nitrogens with two attached hydrogens (primary N) is 3. The van der Waals surface area contributed by atoms with E-state index in [0.717, 1.165) is 52.9 Å². The van der Waals surface area contributed by atoms with Crippen molar-refractivity contribution >= 4 is 17.4 Å². The minimum Gasteiger partial charge on any atom is -0.399 e. The molecule has 0 spiro atoms. The molecule has 42 heavy (non-hydrogen) atoms. The minimum absolute atomic E-state index is 0.0377. The van der Waals surface area contributed by atoms with E-state index < -0.39 is 11.3 Å². The number of aliphatic imine (C=N–C) groups is 1. The molecule has 222 valence electrons. The molecule has 0 bridgehead atoms. The molecule has 0 aromatic heterocycles. The Labute approximate surface area is 251 Å². The molecule has 1 heterocycles. The molecule has 1 aromatic rings. The van der Waals surface area contributed by atoms with Gasteiger partial charge in [0.15, 0.2) is 0 Å². The van der Waals surface area contributed by atoms with Crippen LogP contribution in [0.5, 0.6) is 0 Å².